The predicted molar refractivity (Wildman–Crippen MR) is 95.1 cm³/mol. The minimum Gasteiger partial charge on any atom is -0.460 e. The van der Waals surface area contributed by atoms with Gasteiger partial charge in [-0.1, -0.05) is 53.6 Å². The second-order valence-corrected chi connectivity index (χ2v) is 6.57. The van der Waals surface area contributed by atoms with E-state index < -0.39 is 6.10 Å². The molecule has 2 N–H and O–H groups in total. The second-order valence-electron chi connectivity index (χ2n) is 5.44. The SMILES string of the molecule is Cc1ccc(CSOC2=C(N)OC(c3ccc(Cl)cc3)C2=O)cc1. The fourth-order valence-electron chi connectivity index (χ4n) is 2.25. The Kier molecular flexibility index (Phi) is 5.02. The third kappa shape index (κ3) is 3.68. The lowest BCUT2D eigenvalue weighted by Gasteiger charge is -2.09. The van der Waals surface area contributed by atoms with Crippen LogP contribution in [0.4, 0.5) is 0 Å². The van der Waals surface area contributed by atoms with Gasteiger partial charge in [0.25, 0.3) is 0 Å². The van der Waals surface area contributed by atoms with Crippen molar-refractivity contribution in [1.82, 2.24) is 0 Å². The van der Waals surface area contributed by atoms with Crippen molar-refractivity contribution >= 4 is 29.4 Å². The molecule has 1 aliphatic rings. The van der Waals surface area contributed by atoms with E-state index in [0.29, 0.717) is 16.3 Å². The van der Waals surface area contributed by atoms with E-state index >= 15 is 0 Å². The molecule has 1 aliphatic heterocycles. The Morgan fingerprint density at radius 1 is 1.17 bits per heavy atom. The van der Waals surface area contributed by atoms with Crippen molar-refractivity contribution < 1.29 is 13.7 Å². The maximum atomic E-state index is 12.5. The molecule has 1 atom stereocenters. The summed E-state index contributed by atoms with van der Waals surface area (Å²) in [6.07, 6.45) is -0.780. The standard InChI is InChI=1S/C18H16ClNO3S/c1-11-2-4-12(5-3-11)10-24-23-17-15(21)16(22-18(17)20)13-6-8-14(19)9-7-13/h2-9,16H,10,20H2,1H3. The van der Waals surface area contributed by atoms with Crippen molar-refractivity contribution in [3.05, 3.63) is 81.9 Å². The van der Waals surface area contributed by atoms with E-state index in [-0.39, 0.29) is 17.4 Å². The number of carbonyl (C=O) groups excluding carboxylic acids is 1. The van der Waals surface area contributed by atoms with E-state index in [2.05, 4.69) is 0 Å². The number of hydrogen-bond acceptors (Lipinski definition) is 5. The molecule has 2 aromatic rings. The molecule has 6 heteroatoms. The van der Waals surface area contributed by atoms with Crippen LogP contribution in [0.5, 0.6) is 0 Å². The molecule has 0 saturated heterocycles. The van der Waals surface area contributed by atoms with Crippen molar-refractivity contribution in [3.63, 3.8) is 0 Å². The quantitative estimate of drug-likeness (QED) is 0.805. The number of Topliss-reactive ketones (excluding diaryl/α,β-unsaturated/α-hetero) is 1. The molecule has 0 amide bonds. The number of rotatable bonds is 5. The van der Waals surface area contributed by atoms with Gasteiger partial charge in [0.15, 0.2) is 6.10 Å². The van der Waals surface area contributed by atoms with Gasteiger partial charge < -0.3 is 14.7 Å². The van der Waals surface area contributed by atoms with Crippen LogP contribution in [-0.2, 0) is 19.5 Å². The molecule has 0 aliphatic carbocycles. The number of nitrogens with two attached hydrogens (primary N) is 1. The number of carbonyl (C=O) groups is 1. The summed E-state index contributed by atoms with van der Waals surface area (Å²) in [6, 6.07) is 15.0. The largest absolute Gasteiger partial charge is 0.460 e. The average Bonchev–Trinajstić information content (AvgIpc) is 2.85. The van der Waals surface area contributed by atoms with Gasteiger partial charge in [-0.2, -0.15) is 0 Å². The van der Waals surface area contributed by atoms with Crippen molar-refractivity contribution in [1.29, 1.82) is 0 Å². The summed E-state index contributed by atoms with van der Waals surface area (Å²) in [5, 5.41) is 0.593. The molecule has 0 aromatic heterocycles. The highest BCUT2D eigenvalue weighted by Gasteiger charge is 2.37. The van der Waals surface area contributed by atoms with Crippen molar-refractivity contribution in [2.24, 2.45) is 5.73 Å². The number of ether oxygens (including phenoxy) is 1. The third-order valence-corrected chi connectivity index (χ3v) is 4.58. The molecule has 4 nitrogen and oxygen atoms in total. The third-order valence-electron chi connectivity index (χ3n) is 3.59. The maximum absolute atomic E-state index is 12.5. The van der Waals surface area contributed by atoms with Gasteiger partial charge in [0.05, 0.1) is 17.8 Å². The monoisotopic (exact) mass is 361 g/mol. The van der Waals surface area contributed by atoms with Gasteiger partial charge in [0, 0.05) is 10.6 Å². The van der Waals surface area contributed by atoms with Crippen LogP contribution >= 0.6 is 23.6 Å². The average molecular weight is 362 g/mol. The fourth-order valence-corrected chi connectivity index (χ4v) is 3.05. The summed E-state index contributed by atoms with van der Waals surface area (Å²) in [4.78, 5) is 12.5. The van der Waals surface area contributed by atoms with Crippen LogP contribution in [0.2, 0.25) is 5.02 Å². The van der Waals surface area contributed by atoms with Crippen molar-refractivity contribution in [2.45, 2.75) is 18.8 Å². The topological polar surface area (TPSA) is 61.6 Å². The van der Waals surface area contributed by atoms with E-state index in [1.165, 1.54) is 5.56 Å². The van der Waals surface area contributed by atoms with Crippen LogP contribution in [0, 0.1) is 6.92 Å². The molecule has 0 radical (unpaired) electrons. The van der Waals surface area contributed by atoms with Gasteiger partial charge >= 0.3 is 0 Å². The fraction of sp³-hybridized carbons (Fsp3) is 0.167. The first-order chi connectivity index (χ1) is 11.5. The van der Waals surface area contributed by atoms with Crippen LogP contribution in [0.3, 0.4) is 0 Å². The summed E-state index contributed by atoms with van der Waals surface area (Å²) in [7, 11) is 0. The zero-order chi connectivity index (χ0) is 17.1. The van der Waals surface area contributed by atoms with Crippen LogP contribution in [-0.4, -0.2) is 5.78 Å². The lowest BCUT2D eigenvalue weighted by molar-refractivity contribution is -0.122. The van der Waals surface area contributed by atoms with Crippen LogP contribution in [0.1, 0.15) is 22.8 Å². The van der Waals surface area contributed by atoms with Gasteiger partial charge in [-0.3, -0.25) is 4.79 Å². The molecule has 1 unspecified atom stereocenters. The highest BCUT2D eigenvalue weighted by Crippen LogP contribution is 2.34. The predicted octanol–water partition coefficient (Wildman–Crippen LogP) is 4.28. The van der Waals surface area contributed by atoms with Crippen LogP contribution in [0.25, 0.3) is 0 Å². The van der Waals surface area contributed by atoms with Crippen molar-refractivity contribution in [3.8, 4) is 0 Å². The smallest absolute Gasteiger partial charge is 0.249 e. The number of aryl methyl sites for hydroxylation is 1. The van der Waals surface area contributed by atoms with Crippen LogP contribution in [0.15, 0.2) is 60.2 Å². The molecule has 0 bridgehead atoms. The lowest BCUT2D eigenvalue weighted by Crippen LogP contribution is -2.10. The summed E-state index contributed by atoms with van der Waals surface area (Å²) in [5.74, 6) is 0.394. The van der Waals surface area contributed by atoms with Crippen molar-refractivity contribution in [2.75, 3.05) is 0 Å². The molecule has 24 heavy (non-hydrogen) atoms. The minimum absolute atomic E-state index is 0.0105. The molecule has 124 valence electrons. The normalized spacial score (nSPS) is 17.1. The summed E-state index contributed by atoms with van der Waals surface area (Å²) in [5.41, 5.74) is 8.79. The highest BCUT2D eigenvalue weighted by molar-refractivity contribution is 7.94. The Balaban J connectivity index is 1.61. The van der Waals surface area contributed by atoms with E-state index in [0.717, 1.165) is 17.6 Å². The Labute approximate surface area is 149 Å². The van der Waals surface area contributed by atoms with E-state index in [1.54, 1.807) is 24.3 Å². The maximum Gasteiger partial charge on any atom is 0.249 e. The highest BCUT2D eigenvalue weighted by atomic mass is 35.5. The zero-order valence-corrected chi connectivity index (χ0v) is 14.6. The molecule has 3 rings (SSSR count). The molecular formula is C18H16ClNO3S. The molecule has 2 aromatic carbocycles. The number of hydrogen-bond donors (Lipinski definition) is 1. The number of benzene rings is 2. The Morgan fingerprint density at radius 2 is 1.83 bits per heavy atom. The number of ketones is 1. The van der Waals surface area contributed by atoms with E-state index in [4.69, 9.17) is 26.3 Å². The van der Waals surface area contributed by atoms with Gasteiger partial charge in [-0.05, 0) is 24.6 Å². The molecule has 0 fully saturated rings. The Morgan fingerprint density at radius 3 is 2.50 bits per heavy atom. The Bertz CT molecular complexity index is 772. The minimum atomic E-state index is -0.780. The van der Waals surface area contributed by atoms with Gasteiger partial charge in [0.1, 0.15) is 0 Å². The first-order valence-electron chi connectivity index (χ1n) is 7.35. The number of halogens is 1. The van der Waals surface area contributed by atoms with E-state index in [1.807, 2.05) is 31.2 Å². The molecule has 0 saturated carbocycles. The first-order valence-corrected chi connectivity index (χ1v) is 8.64. The summed E-state index contributed by atoms with van der Waals surface area (Å²) < 4.78 is 11.0. The summed E-state index contributed by atoms with van der Waals surface area (Å²) >= 11 is 7.02. The first kappa shape index (κ1) is 16.7. The Hall–Kier alpha value is -2.11. The summed E-state index contributed by atoms with van der Waals surface area (Å²) in [6.45, 7) is 2.03. The zero-order valence-electron chi connectivity index (χ0n) is 13.0. The van der Waals surface area contributed by atoms with Gasteiger partial charge in [0.2, 0.25) is 17.4 Å². The van der Waals surface area contributed by atoms with Gasteiger partial charge in [-0.15, -0.1) is 0 Å². The molecular weight excluding hydrogens is 346 g/mol. The molecule has 1 heterocycles. The second kappa shape index (κ2) is 7.20. The lowest BCUT2D eigenvalue weighted by atomic mass is 10.1. The van der Waals surface area contributed by atoms with Gasteiger partial charge in [-0.25, -0.2) is 0 Å². The van der Waals surface area contributed by atoms with E-state index in [9.17, 15) is 4.79 Å². The van der Waals surface area contributed by atoms with Crippen LogP contribution < -0.4 is 5.73 Å². The molecule has 0 spiro atoms.